The molecule has 0 aliphatic carbocycles. The third-order valence-corrected chi connectivity index (χ3v) is 1.59. The number of hydrogen-bond acceptors (Lipinski definition) is 0. The fraction of sp³-hybridized carbons (Fsp3) is 0.182. The third-order valence-electron chi connectivity index (χ3n) is 1.59. The average Bonchev–Trinajstić information content (AvgIpc) is 2.12. The molecule has 1 rings (SSSR count). The van der Waals surface area contributed by atoms with Gasteiger partial charge in [-0.05, 0) is 0 Å². The van der Waals surface area contributed by atoms with Gasteiger partial charge >= 0.3 is 18.9 Å². The van der Waals surface area contributed by atoms with E-state index in [-0.39, 0.29) is 24.7 Å². The van der Waals surface area contributed by atoms with Gasteiger partial charge in [-0.25, -0.2) is 10.5 Å². The number of allylic oxidation sites excluding steroid dienone is 1. The summed E-state index contributed by atoms with van der Waals surface area (Å²) in [6.07, 6.45) is 4.78. The quantitative estimate of drug-likeness (QED) is 0.299. The smallest absolute Gasteiger partial charge is 0.874 e. The normalized spacial score (nSPS) is 9.93. The molecule has 0 saturated carbocycles. The molecule has 0 spiro atoms. The van der Waals surface area contributed by atoms with Crippen LogP contribution in [0.15, 0.2) is 24.3 Å². The van der Waals surface area contributed by atoms with E-state index in [9.17, 15) is 4.39 Å². The molecule has 1 aromatic rings. The van der Waals surface area contributed by atoms with Gasteiger partial charge in [0.25, 0.3) is 0 Å². The standard InChI is InChI=1S/C11H9FNO.Li/c12-10-6-3-5-9(8-10)4-1-2-7-11(13)14;/h3,6-8H,1,4H2,(H-,13,14);/q-3;+1. The predicted molar refractivity (Wildman–Crippen MR) is 52.4 cm³/mol. The minimum absolute atomic E-state index is 0. The summed E-state index contributed by atoms with van der Waals surface area (Å²) in [5.41, 5.74) is 0.739. The van der Waals surface area contributed by atoms with Crippen molar-refractivity contribution >= 4 is 5.90 Å². The molecule has 1 aromatic carbocycles. The minimum atomic E-state index is -0.770. The van der Waals surface area contributed by atoms with Crippen molar-refractivity contribution in [3.63, 3.8) is 0 Å². The SMILES string of the molecule is [Li+].[N-]=C(O)C=[C-]CCc1[c-]ccc(F)c1. The molecular formula is C11H9FLiNO-2. The van der Waals surface area contributed by atoms with Crippen molar-refractivity contribution in [1.82, 2.24) is 0 Å². The van der Waals surface area contributed by atoms with Gasteiger partial charge in [-0.15, -0.1) is 18.6 Å². The Kier molecular flexibility index (Phi) is 6.77. The number of halogens is 1. The number of benzene rings is 1. The number of hydrogen-bond donors (Lipinski definition) is 1. The van der Waals surface area contributed by atoms with Crippen molar-refractivity contribution in [2.75, 3.05) is 0 Å². The molecule has 0 amide bonds. The number of aryl methyl sites for hydroxylation is 1. The van der Waals surface area contributed by atoms with Gasteiger partial charge in [-0.3, -0.25) is 6.08 Å². The molecule has 0 aliphatic rings. The number of aliphatic hydroxyl groups is 1. The van der Waals surface area contributed by atoms with Crippen LogP contribution in [0.3, 0.4) is 0 Å². The molecule has 0 aliphatic heterocycles. The van der Waals surface area contributed by atoms with E-state index in [1.165, 1.54) is 18.2 Å². The predicted octanol–water partition coefficient (Wildman–Crippen LogP) is -0.552. The first-order valence-electron chi connectivity index (χ1n) is 4.16. The Morgan fingerprint density at radius 1 is 1.67 bits per heavy atom. The molecule has 2 nitrogen and oxygen atoms in total. The van der Waals surface area contributed by atoms with Crippen LogP contribution in [0.2, 0.25) is 0 Å². The molecule has 0 bridgehead atoms. The van der Waals surface area contributed by atoms with Gasteiger partial charge in [-0.1, -0.05) is 6.42 Å². The summed E-state index contributed by atoms with van der Waals surface area (Å²) in [4.78, 5) is 0. The summed E-state index contributed by atoms with van der Waals surface area (Å²) < 4.78 is 12.7. The second kappa shape index (κ2) is 7.28. The monoisotopic (exact) mass is 197 g/mol. The van der Waals surface area contributed by atoms with E-state index >= 15 is 0 Å². The van der Waals surface area contributed by atoms with Crippen LogP contribution in [0.4, 0.5) is 4.39 Å². The largest absolute Gasteiger partial charge is 1.00 e. The van der Waals surface area contributed by atoms with Crippen LogP contribution in [0, 0.1) is 18.0 Å². The Hall–Kier alpha value is -1.04. The Bertz CT molecular complexity index is 352. The number of nitrogens with zero attached hydrogens (tertiary/aromatic N) is 1. The Morgan fingerprint density at radius 3 is 3.00 bits per heavy atom. The maximum atomic E-state index is 12.7. The van der Waals surface area contributed by atoms with Crippen LogP contribution in [-0.2, 0) is 6.42 Å². The van der Waals surface area contributed by atoms with E-state index in [0.717, 1.165) is 11.6 Å². The van der Waals surface area contributed by atoms with Crippen molar-refractivity contribution in [1.29, 1.82) is 0 Å². The zero-order chi connectivity index (χ0) is 10.4. The number of aliphatic hydroxyl groups excluding tert-OH is 1. The number of rotatable bonds is 4. The summed E-state index contributed by atoms with van der Waals surface area (Å²) in [5.74, 6) is -1.06. The van der Waals surface area contributed by atoms with Gasteiger partial charge in [0.15, 0.2) is 0 Å². The van der Waals surface area contributed by atoms with E-state index < -0.39 is 5.90 Å². The fourth-order valence-electron chi connectivity index (χ4n) is 0.999. The molecule has 0 saturated heterocycles. The summed E-state index contributed by atoms with van der Waals surface area (Å²) in [7, 11) is 0. The van der Waals surface area contributed by atoms with Crippen LogP contribution < -0.4 is 18.9 Å². The molecule has 0 heterocycles. The fourth-order valence-corrected chi connectivity index (χ4v) is 0.999. The van der Waals surface area contributed by atoms with Gasteiger partial charge in [0.05, 0.1) is 0 Å². The van der Waals surface area contributed by atoms with Crippen LogP contribution in [0.25, 0.3) is 5.41 Å². The average molecular weight is 197 g/mol. The van der Waals surface area contributed by atoms with Crippen molar-refractivity contribution in [2.24, 2.45) is 0 Å². The summed E-state index contributed by atoms with van der Waals surface area (Å²) >= 11 is 0. The summed E-state index contributed by atoms with van der Waals surface area (Å²) in [5, 5.41) is 16.8. The molecule has 15 heavy (non-hydrogen) atoms. The molecule has 1 N–H and O–H groups in total. The van der Waals surface area contributed by atoms with E-state index in [4.69, 9.17) is 10.5 Å². The van der Waals surface area contributed by atoms with Crippen LogP contribution in [-0.4, -0.2) is 11.0 Å². The van der Waals surface area contributed by atoms with Gasteiger partial charge in [0.2, 0.25) is 0 Å². The molecule has 74 valence electrons. The molecule has 0 aromatic heterocycles. The van der Waals surface area contributed by atoms with E-state index in [1.807, 2.05) is 0 Å². The van der Waals surface area contributed by atoms with Gasteiger partial charge in [0.1, 0.15) is 0 Å². The van der Waals surface area contributed by atoms with Gasteiger partial charge in [0, 0.05) is 5.82 Å². The van der Waals surface area contributed by atoms with E-state index in [0.29, 0.717) is 12.8 Å². The second-order valence-corrected chi connectivity index (χ2v) is 2.74. The molecule has 0 unspecified atom stereocenters. The van der Waals surface area contributed by atoms with Crippen LogP contribution in [0.5, 0.6) is 0 Å². The maximum Gasteiger partial charge on any atom is 1.00 e. The molecule has 0 atom stereocenters. The first kappa shape index (κ1) is 14.0. The Labute approximate surface area is 101 Å². The van der Waals surface area contributed by atoms with Crippen LogP contribution in [0.1, 0.15) is 12.0 Å². The van der Waals surface area contributed by atoms with Crippen molar-refractivity contribution in [3.8, 4) is 0 Å². The zero-order valence-electron chi connectivity index (χ0n) is 8.50. The first-order chi connectivity index (χ1) is 6.68. The third kappa shape index (κ3) is 6.11. The molecular weight excluding hydrogens is 188 g/mol. The van der Waals surface area contributed by atoms with Gasteiger partial charge < -0.3 is 10.5 Å². The first-order valence-corrected chi connectivity index (χ1v) is 4.16. The Balaban J connectivity index is 0.00000196. The van der Waals surface area contributed by atoms with Crippen molar-refractivity contribution < 1.29 is 28.4 Å². The second-order valence-electron chi connectivity index (χ2n) is 2.74. The van der Waals surface area contributed by atoms with Gasteiger partial charge in [-0.2, -0.15) is 23.6 Å². The van der Waals surface area contributed by atoms with Crippen LogP contribution >= 0.6 is 0 Å². The maximum absolute atomic E-state index is 12.7. The Morgan fingerprint density at radius 2 is 2.40 bits per heavy atom. The zero-order valence-corrected chi connectivity index (χ0v) is 8.50. The van der Waals surface area contributed by atoms with E-state index in [2.05, 4.69) is 12.1 Å². The van der Waals surface area contributed by atoms with Crippen molar-refractivity contribution in [2.45, 2.75) is 12.8 Å². The molecule has 0 radical (unpaired) electrons. The summed E-state index contributed by atoms with van der Waals surface area (Å²) in [6.45, 7) is 0. The molecule has 0 fully saturated rings. The van der Waals surface area contributed by atoms with E-state index in [1.54, 1.807) is 0 Å². The molecule has 4 heteroatoms. The summed E-state index contributed by atoms with van der Waals surface area (Å²) in [6, 6.07) is 7.11. The topological polar surface area (TPSA) is 42.5 Å². The van der Waals surface area contributed by atoms with Crippen molar-refractivity contribution in [3.05, 3.63) is 53.2 Å². The minimum Gasteiger partial charge on any atom is -0.874 e.